The zero-order chi connectivity index (χ0) is 22.6. The van der Waals surface area contributed by atoms with Gasteiger partial charge in [0.15, 0.2) is 0 Å². The number of methoxy groups -OCH3 is 1. The van der Waals surface area contributed by atoms with Crippen LogP contribution < -0.4 is 19.5 Å². The number of halogens is 3. The number of rotatable bonds is 7. The molecular formula is C19H19F3N2O6S. The Kier molecular flexibility index (Phi) is 6.60. The molecule has 1 heterocycles. The van der Waals surface area contributed by atoms with Crippen LogP contribution in [-0.4, -0.2) is 41.0 Å². The molecule has 0 aliphatic carbocycles. The van der Waals surface area contributed by atoms with Gasteiger partial charge in [0, 0.05) is 24.4 Å². The molecule has 1 aliphatic heterocycles. The van der Waals surface area contributed by atoms with Crippen molar-refractivity contribution in [2.75, 3.05) is 30.4 Å². The first kappa shape index (κ1) is 22.7. The number of anilines is 2. The predicted octanol–water partition coefficient (Wildman–Crippen LogP) is 3.37. The van der Waals surface area contributed by atoms with Gasteiger partial charge in [-0.2, -0.15) is 0 Å². The summed E-state index contributed by atoms with van der Waals surface area (Å²) in [5.41, 5.74) is 0.190. The first-order valence-electron chi connectivity index (χ1n) is 9.03. The lowest BCUT2D eigenvalue weighted by atomic mass is 10.1. The van der Waals surface area contributed by atoms with Gasteiger partial charge in [0.05, 0.1) is 25.3 Å². The standard InChI is InChI=1S/C19H19F3N2O6S/c1-28-16-10-13(23-18(25)12-7-8-29-11-12)5-6-17(16)31(26,27)24-14-3-2-4-15(9-14)30-19(20,21)22/h2-6,9-10,12,24H,7-8,11H2,1H3,(H,23,25). The largest absolute Gasteiger partial charge is 0.573 e. The fourth-order valence-electron chi connectivity index (χ4n) is 2.92. The molecule has 0 radical (unpaired) electrons. The van der Waals surface area contributed by atoms with Gasteiger partial charge in [0.2, 0.25) is 5.91 Å². The average molecular weight is 460 g/mol. The van der Waals surface area contributed by atoms with Crippen molar-refractivity contribution in [3.8, 4) is 11.5 Å². The van der Waals surface area contributed by atoms with Gasteiger partial charge in [-0.1, -0.05) is 6.07 Å². The van der Waals surface area contributed by atoms with Crippen LogP contribution in [0.3, 0.4) is 0 Å². The van der Waals surface area contributed by atoms with Crippen molar-refractivity contribution in [2.24, 2.45) is 5.92 Å². The maximum atomic E-state index is 12.8. The number of benzene rings is 2. The fraction of sp³-hybridized carbons (Fsp3) is 0.316. The van der Waals surface area contributed by atoms with Crippen molar-refractivity contribution in [3.05, 3.63) is 42.5 Å². The smallest absolute Gasteiger partial charge is 0.495 e. The van der Waals surface area contributed by atoms with Crippen molar-refractivity contribution >= 4 is 27.3 Å². The Morgan fingerprint density at radius 1 is 1.16 bits per heavy atom. The molecule has 0 saturated carbocycles. The summed E-state index contributed by atoms with van der Waals surface area (Å²) >= 11 is 0. The molecule has 1 atom stereocenters. The average Bonchev–Trinajstić information content (AvgIpc) is 3.21. The summed E-state index contributed by atoms with van der Waals surface area (Å²) in [5, 5.41) is 2.68. The van der Waals surface area contributed by atoms with E-state index >= 15 is 0 Å². The lowest BCUT2D eigenvalue weighted by Gasteiger charge is -2.15. The molecule has 2 aromatic rings. The fourth-order valence-corrected chi connectivity index (χ4v) is 4.12. The Balaban J connectivity index is 1.79. The molecule has 0 bridgehead atoms. The van der Waals surface area contributed by atoms with E-state index in [1.807, 2.05) is 0 Å². The molecule has 1 fully saturated rings. The summed E-state index contributed by atoms with van der Waals surface area (Å²) in [6.07, 6.45) is -4.32. The number of hydrogen-bond donors (Lipinski definition) is 2. The van der Waals surface area contributed by atoms with E-state index in [-0.39, 0.29) is 28.2 Å². The molecular weight excluding hydrogens is 441 g/mol. The van der Waals surface area contributed by atoms with Gasteiger partial charge in [-0.3, -0.25) is 9.52 Å². The number of alkyl halides is 3. The molecule has 1 unspecified atom stereocenters. The highest BCUT2D eigenvalue weighted by Crippen LogP contribution is 2.31. The highest BCUT2D eigenvalue weighted by molar-refractivity contribution is 7.92. The van der Waals surface area contributed by atoms with Gasteiger partial charge >= 0.3 is 6.36 Å². The molecule has 1 saturated heterocycles. The molecule has 1 amide bonds. The molecule has 12 heteroatoms. The normalized spacial score (nSPS) is 16.6. The van der Waals surface area contributed by atoms with Crippen molar-refractivity contribution in [2.45, 2.75) is 17.7 Å². The highest BCUT2D eigenvalue weighted by Gasteiger charge is 2.31. The number of amides is 1. The Hall–Kier alpha value is -2.99. The van der Waals surface area contributed by atoms with E-state index < -0.39 is 22.1 Å². The first-order chi connectivity index (χ1) is 14.6. The number of carbonyl (C=O) groups excluding carboxylic acids is 1. The van der Waals surface area contributed by atoms with Crippen LogP contribution in [0.1, 0.15) is 6.42 Å². The minimum atomic E-state index is -4.91. The van der Waals surface area contributed by atoms with E-state index in [0.29, 0.717) is 25.3 Å². The maximum Gasteiger partial charge on any atom is 0.573 e. The van der Waals surface area contributed by atoms with Crippen molar-refractivity contribution < 1.29 is 40.6 Å². The van der Waals surface area contributed by atoms with Crippen molar-refractivity contribution in [1.82, 2.24) is 0 Å². The van der Waals surface area contributed by atoms with Crippen LogP contribution in [0.5, 0.6) is 11.5 Å². The third-order valence-electron chi connectivity index (χ3n) is 4.34. The molecule has 0 spiro atoms. The summed E-state index contributed by atoms with van der Waals surface area (Å²) < 4.78 is 79.0. The van der Waals surface area contributed by atoms with E-state index in [2.05, 4.69) is 14.8 Å². The van der Waals surface area contributed by atoms with E-state index in [1.165, 1.54) is 37.4 Å². The minimum absolute atomic E-state index is 0.0596. The summed E-state index contributed by atoms with van der Waals surface area (Å²) in [6, 6.07) is 8.36. The van der Waals surface area contributed by atoms with Crippen molar-refractivity contribution in [3.63, 3.8) is 0 Å². The third kappa shape index (κ3) is 6.01. The van der Waals surface area contributed by atoms with Crippen LogP contribution in [0.2, 0.25) is 0 Å². The van der Waals surface area contributed by atoms with E-state index in [4.69, 9.17) is 9.47 Å². The van der Waals surface area contributed by atoms with Gasteiger partial charge in [-0.15, -0.1) is 13.2 Å². The van der Waals surface area contributed by atoms with E-state index in [9.17, 15) is 26.4 Å². The first-order valence-corrected chi connectivity index (χ1v) is 10.5. The molecule has 31 heavy (non-hydrogen) atoms. The van der Waals surface area contributed by atoms with Gasteiger partial charge in [-0.25, -0.2) is 8.42 Å². The summed E-state index contributed by atoms with van der Waals surface area (Å²) in [6.45, 7) is 0.815. The summed E-state index contributed by atoms with van der Waals surface area (Å²) in [7, 11) is -2.97. The summed E-state index contributed by atoms with van der Waals surface area (Å²) in [5.74, 6) is -1.18. The number of ether oxygens (including phenoxy) is 3. The second-order valence-electron chi connectivity index (χ2n) is 6.60. The van der Waals surface area contributed by atoms with Gasteiger partial charge < -0.3 is 19.5 Å². The summed E-state index contributed by atoms with van der Waals surface area (Å²) in [4.78, 5) is 11.9. The van der Waals surface area contributed by atoms with Gasteiger partial charge in [0.25, 0.3) is 10.0 Å². The highest BCUT2D eigenvalue weighted by atomic mass is 32.2. The van der Waals surface area contributed by atoms with Crippen LogP contribution in [0.4, 0.5) is 24.5 Å². The van der Waals surface area contributed by atoms with Crippen molar-refractivity contribution in [1.29, 1.82) is 0 Å². The van der Waals surface area contributed by atoms with Crippen LogP contribution in [0.25, 0.3) is 0 Å². The topological polar surface area (TPSA) is 103 Å². The zero-order valence-electron chi connectivity index (χ0n) is 16.2. The van der Waals surface area contributed by atoms with Crippen LogP contribution >= 0.6 is 0 Å². The second-order valence-corrected chi connectivity index (χ2v) is 8.25. The zero-order valence-corrected chi connectivity index (χ0v) is 17.0. The molecule has 1 aliphatic rings. The quantitative estimate of drug-likeness (QED) is 0.657. The van der Waals surface area contributed by atoms with Gasteiger partial charge in [0.1, 0.15) is 16.4 Å². The van der Waals surface area contributed by atoms with Crippen LogP contribution in [0.15, 0.2) is 47.4 Å². The van der Waals surface area contributed by atoms with Gasteiger partial charge in [-0.05, 0) is 30.7 Å². The molecule has 8 nitrogen and oxygen atoms in total. The maximum absolute atomic E-state index is 12.8. The number of hydrogen-bond acceptors (Lipinski definition) is 6. The third-order valence-corrected chi connectivity index (χ3v) is 5.76. The predicted molar refractivity (Wildman–Crippen MR) is 104 cm³/mol. The lowest BCUT2D eigenvalue weighted by molar-refractivity contribution is -0.274. The van der Waals surface area contributed by atoms with Crippen LogP contribution in [-0.2, 0) is 19.6 Å². The molecule has 0 aromatic heterocycles. The Morgan fingerprint density at radius 2 is 1.94 bits per heavy atom. The SMILES string of the molecule is COc1cc(NC(=O)C2CCOC2)ccc1S(=O)(=O)Nc1cccc(OC(F)(F)F)c1. The number of sulfonamides is 1. The molecule has 2 aromatic carbocycles. The molecule has 3 rings (SSSR count). The number of nitrogens with one attached hydrogen (secondary N) is 2. The van der Waals surface area contributed by atoms with Crippen LogP contribution in [0, 0.1) is 5.92 Å². The Morgan fingerprint density at radius 3 is 2.58 bits per heavy atom. The van der Waals surface area contributed by atoms with E-state index in [0.717, 1.165) is 12.1 Å². The Bertz CT molecular complexity index is 1050. The lowest BCUT2D eigenvalue weighted by Crippen LogP contribution is -2.23. The Labute approximate surface area is 176 Å². The van der Waals surface area contributed by atoms with E-state index in [1.54, 1.807) is 0 Å². The monoisotopic (exact) mass is 460 g/mol. The second kappa shape index (κ2) is 9.02. The molecule has 168 valence electrons. The number of carbonyl (C=O) groups is 1. The minimum Gasteiger partial charge on any atom is -0.495 e. The molecule has 2 N–H and O–H groups in total.